The molecule has 1 unspecified atom stereocenters. The number of benzene rings is 2. The number of non-ortho nitro benzene ring substituents is 1. The van der Waals surface area contributed by atoms with E-state index in [0.29, 0.717) is 5.56 Å². The number of fused-ring (bicyclic) bond motifs is 1. The molecule has 1 atom stereocenters. The molecule has 0 fully saturated rings. The van der Waals surface area contributed by atoms with Gasteiger partial charge in [0, 0.05) is 24.9 Å². The lowest BCUT2D eigenvalue weighted by Gasteiger charge is -2.11. The molecule has 5 heteroatoms. The molecular weight excluding hydrogens is 256 g/mol. The molecule has 0 aliphatic carbocycles. The van der Waals surface area contributed by atoms with Crippen LogP contribution in [-0.2, 0) is 4.79 Å². The molecule has 1 heterocycles. The predicted molar refractivity (Wildman–Crippen MR) is 74.8 cm³/mol. The van der Waals surface area contributed by atoms with Gasteiger partial charge < -0.3 is 4.90 Å². The first-order chi connectivity index (χ1) is 9.59. The summed E-state index contributed by atoms with van der Waals surface area (Å²) in [7, 11) is 1.72. The Labute approximate surface area is 115 Å². The van der Waals surface area contributed by atoms with Crippen molar-refractivity contribution in [3.8, 4) is 0 Å². The lowest BCUT2D eigenvalue weighted by molar-refractivity contribution is -0.384. The van der Waals surface area contributed by atoms with Gasteiger partial charge in [-0.3, -0.25) is 14.9 Å². The monoisotopic (exact) mass is 268 g/mol. The Balaban J connectivity index is 2.13. The van der Waals surface area contributed by atoms with Crippen LogP contribution in [0.2, 0.25) is 0 Å². The van der Waals surface area contributed by atoms with Crippen LogP contribution in [-0.4, -0.2) is 17.9 Å². The van der Waals surface area contributed by atoms with E-state index in [1.807, 2.05) is 24.3 Å². The zero-order valence-corrected chi connectivity index (χ0v) is 10.8. The van der Waals surface area contributed by atoms with Gasteiger partial charge in [0.15, 0.2) is 0 Å². The number of amides is 1. The third kappa shape index (κ3) is 1.75. The average Bonchev–Trinajstić information content (AvgIpc) is 2.72. The number of carbonyl (C=O) groups is 1. The Hall–Kier alpha value is -2.69. The van der Waals surface area contributed by atoms with E-state index in [-0.39, 0.29) is 11.6 Å². The third-order valence-electron chi connectivity index (χ3n) is 3.60. The summed E-state index contributed by atoms with van der Waals surface area (Å²) in [5.74, 6) is -0.525. The SMILES string of the molecule is CN1C(=O)C(c2cccc([N+](=O)[O-])c2)c2ccccc21. The normalized spacial score (nSPS) is 17.1. The first kappa shape index (κ1) is 12.3. The molecule has 3 rings (SSSR count). The number of nitro benzene ring substituents is 1. The second-order valence-corrected chi connectivity index (χ2v) is 4.74. The number of anilines is 1. The highest BCUT2D eigenvalue weighted by atomic mass is 16.6. The van der Waals surface area contributed by atoms with E-state index in [1.165, 1.54) is 12.1 Å². The number of nitrogens with zero attached hydrogens (tertiary/aromatic N) is 2. The molecule has 2 aromatic rings. The van der Waals surface area contributed by atoms with Crippen molar-refractivity contribution >= 4 is 17.3 Å². The van der Waals surface area contributed by atoms with Crippen molar-refractivity contribution in [2.24, 2.45) is 0 Å². The van der Waals surface area contributed by atoms with E-state index < -0.39 is 10.8 Å². The lowest BCUT2D eigenvalue weighted by atomic mass is 9.92. The van der Waals surface area contributed by atoms with E-state index in [9.17, 15) is 14.9 Å². The van der Waals surface area contributed by atoms with Crippen LogP contribution in [0.4, 0.5) is 11.4 Å². The molecule has 5 nitrogen and oxygen atoms in total. The minimum atomic E-state index is -0.462. The molecule has 1 aliphatic heterocycles. The summed E-state index contributed by atoms with van der Waals surface area (Å²) in [5.41, 5.74) is 2.40. The average molecular weight is 268 g/mol. The zero-order valence-electron chi connectivity index (χ0n) is 10.8. The van der Waals surface area contributed by atoms with Crippen molar-refractivity contribution in [3.05, 3.63) is 69.8 Å². The van der Waals surface area contributed by atoms with Crippen LogP contribution < -0.4 is 4.90 Å². The smallest absolute Gasteiger partial charge is 0.269 e. The number of para-hydroxylation sites is 1. The highest BCUT2D eigenvalue weighted by Gasteiger charge is 2.36. The van der Waals surface area contributed by atoms with Gasteiger partial charge in [0.1, 0.15) is 0 Å². The van der Waals surface area contributed by atoms with Crippen molar-refractivity contribution in [1.29, 1.82) is 0 Å². The van der Waals surface area contributed by atoms with E-state index in [0.717, 1.165) is 11.3 Å². The Kier molecular flexibility index (Phi) is 2.75. The molecule has 1 aliphatic rings. The summed E-state index contributed by atoms with van der Waals surface area (Å²) in [5, 5.41) is 10.9. The van der Waals surface area contributed by atoms with Crippen LogP contribution in [0.3, 0.4) is 0 Å². The lowest BCUT2D eigenvalue weighted by Crippen LogP contribution is -2.24. The second-order valence-electron chi connectivity index (χ2n) is 4.74. The number of hydrogen-bond donors (Lipinski definition) is 0. The van der Waals surface area contributed by atoms with Crippen molar-refractivity contribution in [1.82, 2.24) is 0 Å². The fourth-order valence-electron chi connectivity index (χ4n) is 2.62. The van der Waals surface area contributed by atoms with E-state index in [2.05, 4.69) is 0 Å². The van der Waals surface area contributed by atoms with Crippen LogP contribution in [0.15, 0.2) is 48.5 Å². The molecule has 1 amide bonds. The molecule has 100 valence electrons. The second kappa shape index (κ2) is 4.45. The van der Waals surface area contributed by atoms with E-state index in [1.54, 1.807) is 24.1 Å². The summed E-state index contributed by atoms with van der Waals surface area (Å²) >= 11 is 0. The van der Waals surface area contributed by atoms with E-state index >= 15 is 0 Å². The van der Waals surface area contributed by atoms with Gasteiger partial charge in [-0.2, -0.15) is 0 Å². The predicted octanol–water partition coefficient (Wildman–Crippen LogP) is 2.70. The third-order valence-corrected chi connectivity index (χ3v) is 3.60. The summed E-state index contributed by atoms with van der Waals surface area (Å²) in [6.45, 7) is 0. The standard InChI is InChI=1S/C15H12N2O3/c1-16-13-8-3-2-7-12(13)14(15(16)18)10-5-4-6-11(9-10)17(19)20/h2-9,14H,1H3. The molecule has 20 heavy (non-hydrogen) atoms. The molecule has 0 spiro atoms. The van der Waals surface area contributed by atoms with Crippen molar-refractivity contribution in [2.45, 2.75) is 5.92 Å². The van der Waals surface area contributed by atoms with Gasteiger partial charge >= 0.3 is 0 Å². The summed E-state index contributed by atoms with van der Waals surface area (Å²) in [6, 6.07) is 13.8. The van der Waals surface area contributed by atoms with Crippen LogP contribution in [0.25, 0.3) is 0 Å². The van der Waals surface area contributed by atoms with Gasteiger partial charge in [-0.25, -0.2) is 0 Å². The van der Waals surface area contributed by atoms with Gasteiger partial charge in [0.2, 0.25) is 5.91 Å². The van der Waals surface area contributed by atoms with Gasteiger partial charge in [-0.15, -0.1) is 0 Å². The number of nitro groups is 1. The van der Waals surface area contributed by atoms with Crippen molar-refractivity contribution < 1.29 is 9.72 Å². The topological polar surface area (TPSA) is 63.5 Å². The molecule has 0 saturated carbocycles. The molecule has 2 aromatic carbocycles. The number of likely N-dealkylation sites (N-methyl/N-ethyl adjacent to an activating group) is 1. The van der Waals surface area contributed by atoms with Crippen molar-refractivity contribution in [3.63, 3.8) is 0 Å². The number of carbonyl (C=O) groups excluding carboxylic acids is 1. The fraction of sp³-hybridized carbons (Fsp3) is 0.133. The van der Waals surface area contributed by atoms with E-state index in [4.69, 9.17) is 0 Å². The van der Waals surface area contributed by atoms with Crippen molar-refractivity contribution in [2.75, 3.05) is 11.9 Å². The maximum absolute atomic E-state index is 12.4. The van der Waals surface area contributed by atoms with Crippen LogP contribution in [0, 0.1) is 10.1 Å². The Morgan fingerprint density at radius 2 is 1.90 bits per heavy atom. The highest BCUT2D eigenvalue weighted by molar-refractivity contribution is 6.06. The maximum atomic E-state index is 12.4. The molecule has 0 bridgehead atoms. The summed E-state index contributed by atoms with van der Waals surface area (Å²) in [4.78, 5) is 24.4. The Bertz CT molecular complexity index is 712. The van der Waals surface area contributed by atoms with Gasteiger partial charge in [-0.1, -0.05) is 30.3 Å². The fourth-order valence-corrected chi connectivity index (χ4v) is 2.62. The maximum Gasteiger partial charge on any atom is 0.269 e. The first-order valence-corrected chi connectivity index (χ1v) is 6.20. The zero-order chi connectivity index (χ0) is 14.3. The van der Waals surface area contributed by atoms with Gasteiger partial charge in [0.25, 0.3) is 5.69 Å². The molecular formula is C15H12N2O3. The number of rotatable bonds is 2. The van der Waals surface area contributed by atoms with Gasteiger partial charge in [0.05, 0.1) is 10.8 Å². The minimum absolute atomic E-state index is 0.00216. The molecule has 0 saturated heterocycles. The molecule has 0 aromatic heterocycles. The van der Waals surface area contributed by atoms with Crippen LogP contribution in [0.1, 0.15) is 17.0 Å². The van der Waals surface area contributed by atoms with Crippen LogP contribution >= 0.6 is 0 Å². The van der Waals surface area contributed by atoms with Gasteiger partial charge in [-0.05, 0) is 17.2 Å². The molecule has 0 radical (unpaired) electrons. The Morgan fingerprint density at radius 3 is 2.65 bits per heavy atom. The summed E-state index contributed by atoms with van der Waals surface area (Å²) in [6.07, 6.45) is 0. The highest BCUT2D eigenvalue weighted by Crippen LogP contribution is 2.40. The number of hydrogen-bond acceptors (Lipinski definition) is 3. The largest absolute Gasteiger partial charge is 0.314 e. The molecule has 0 N–H and O–H groups in total. The quantitative estimate of drug-likeness (QED) is 0.621. The Morgan fingerprint density at radius 1 is 1.15 bits per heavy atom. The van der Waals surface area contributed by atoms with Crippen LogP contribution in [0.5, 0.6) is 0 Å². The minimum Gasteiger partial charge on any atom is -0.314 e. The summed E-state index contributed by atoms with van der Waals surface area (Å²) < 4.78 is 0. The first-order valence-electron chi connectivity index (χ1n) is 6.20.